The van der Waals surface area contributed by atoms with Crippen LogP contribution >= 0.6 is 0 Å². The highest BCUT2D eigenvalue weighted by molar-refractivity contribution is 5.86. The highest BCUT2D eigenvalue weighted by Crippen LogP contribution is 2.44. The summed E-state index contributed by atoms with van der Waals surface area (Å²) in [6.45, 7) is 1.46. The number of anilines is 1. The van der Waals surface area contributed by atoms with E-state index >= 15 is 0 Å². The summed E-state index contributed by atoms with van der Waals surface area (Å²) in [7, 11) is 1.39. The number of hydrazine groups is 1. The number of aromatic nitrogens is 2. The van der Waals surface area contributed by atoms with Crippen LogP contribution in [0, 0.1) is 0 Å². The summed E-state index contributed by atoms with van der Waals surface area (Å²) in [6, 6.07) is 0. The van der Waals surface area contributed by atoms with E-state index in [4.69, 9.17) is 19.7 Å². The lowest BCUT2D eigenvalue weighted by molar-refractivity contribution is -0.149. The highest BCUT2D eigenvalue weighted by Gasteiger charge is 2.54. The highest BCUT2D eigenvalue weighted by atomic mass is 16.7. The molecule has 4 atom stereocenters. The Morgan fingerprint density at radius 2 is 2.24 bits per heavy atom. The molecule has 3 heterocycles. The van der Waals surface area contributed by atoms with Crippen molar-refractivity contribution < 1.29 is 24.1 Å². The normalized spacial score (nSPS) is 32.7. The number of nitrogens with two attached hydrogens (primary N) is 1. The van der Waals surface area contributed by atoms with Crippen molar-refractivity contribution in [1.82, 2.24) is 9.97 Å². The van der Waals surface area contributed by atoms with Crippen LogP contribution in [0.4, 0.5) is 5.82 Å². The second kappa shape index (κ2) is 4.90. The van der Waals surface area contributed by atoms with Crippen molar-refractivity contribution >= 4 is 16.9 Å². The van der Waals surface area contributed by atoms with Gasteiger partial charge in [-0.15, -0.1) is 0 Å². The molecular weight excluding hydrogens is 280 g/mol. The molecule has 0 unspecified atom stereocenters. The first-order chi connectivity index (χ1) is 10.0. The molecule has 0 amide bonds. The average Bonchev–Trinajstić information content (AvgIpc) is 2.99. The lowest BCUT2D eigenvalue weighted by Crippen LogP contribution is -2.42. The van der Waals surface area contributed by atoms with Gasteiger partial charge in [0.05, 0.1) is 6.26 Å². The smallest absolute Gasteiger partial charge is 0.196 e. The van der Waals surface area contributed by atoms with Gasteiger partial charge in [-0.1, -0.05) is 0 Å². The fourth-order valence-corrected chi connectivity index (χ4v) is 2.51. The quantitative estimate of drug-likeness (QED) is 0.443. The van der Waals surface area contributed by atoms with Crippen molar-refractivity contribution in [2.24, 2.45) is 5.84 Å². The van der Waals surface area contributed by atoms with Crippen LogP contribution in [0.5, 0.6) is 0 Å². The van der Waals surface area contributed by atoms with Gasteiger partial charge in [0.1, 0.15) is 29.7 Å². The maximum Gasteiger partial charge on any atom is 0.196 e. The summed E-state index contributed by atoms with van der Waals surface area (Å²) in [6.07, 6.45) is -0.302. The van der Waals surface area contributed by atoms with Crippen LogP contribution < -0.4 is 11.3 Å². The third-order valence-corrected chi connectivity index (χ3v) is 3.69. The fraction of sp³-hybridized carbons (Fsp3) is 0.500. The topological polar surface area (TPSA) is 136 Å². The van der Waals surface area contributed by atoms with Gasteiger partial charge in [-0.05, 0) is 6.92 Å². The van der Waals surface area contributed by atoms with Crippen LogP contribution in [0.2, 0.25) is 0 Å². The minimum absolute atomic E-state index is 0.313. The molecule has 1 aliphatic rings. The molecule has 0 saturated carbocycles. The van der Waals surface area contributed by atoms with Crippen LogP contribution in [0.15, 0.2) is 17.0 Å². The molecule has 2 aromatic heterocycles. The number of ether oxygens (including phenoxy) is 2. The van der Waals surface area contributed by atoms with E-state index in [2.05, 4.69) is 15.4 Å². The SMILES string of the molecule is CO[C@H]1O[C@@H](c2coc3c(NN)ncnc23)[C@](C)(O)[C@@H]1O. The van der Waals surface area contributed by atoms with Crippen molar-refractivity contribution in [2.45, 2.75) is 31.0 Å². The number of aliphatic hydroxyl groups excluding tert-OH is 1. The van der Waals surface area contributed by atoms with E-state index in [0.717, 1.165) is 0 Å². The predicted octanol–water partition coefficient (Wildman–Crippen LogP) is -0.336. The second-order valence-electron chi connectivity index (χ2n) is 5.03. The predicted molar refractivity (Wildman–Crippen MR) is 70.9 cm³/mol. The molecule has 9 heteroatoms. The van der Waals surface area contributed by atoms with E-state index in [1.165, 1.54) is 26.6 Å². The van der Waals surface area contributed by atoms with Gasteiger partial charge in [-0.2, -0.15) is 0 Å². The van der Waals surface area contributed by atoms with E-state index in [1.54, 1.807) is 0 Å². The van der Waals surface area contributed by atoms with E-state index < -0.39 is 24.1 Å². The van der Waals surface area contributed by atoms with Crippen molar-refractivity contribution in [3.05, 3.63) is 18.2 Å². The molecule has 114 valence electrons. The zero-order valence-corrected chi connectivity index (χ0v) is 11.5. The average molecular weight is 296 g/mol. The first-order valence-corrected chi connectivity index (χ1v) is 6.28. The minimum Gasteiger partial charge on any atom is -0.458 e. The van der Waals surface area contributed by atoms with Crippen LogP contribution in [0.3, 0.4) is 0 Å². The Labute approximate surface area is 119 Å². The molecule has 3 rings (SSSR count). The fourth-order valence-electron chi connectivity index (χ4n) is 2.51. The number of hydrogen-bond donors (Lipinski definition) is 4. The number of methoxy groups -OCH3 is 1. The van der Waals surface area contributed by atoms with Crippen molar-refractivity contribution in [3.8, 4) is 0 Å². The first kappa shape index (κ1) is 14.2. The van der Waals surface area contributed by atoms with Gasteiger partial charge in [-0.25, -0.2) is 15.8 Å². The lowest BCUT2D eigenvalue weighted by Gasteiger charge is -2.25. The number of nitrogens with zero attached hydrogens (tertiary/aromatic N) is 2. The summed E-state index contributed by atoms with van der Waals surface area (Å²) in [5.41, 5.74) is 2.10. The Morgan fingerprint density at radius 1 is 1.48 bits per heavy atom. The molecule has 9 nitrogen and oxygen atoms in total. The minimum atomic E-state index is -1.56. The van der Waals surface area contributed by atoms with Gasteiger partial charge >= 0.3 is 0 Å². The van der Waals surface area contributed by atoms with Crippen molar-refractivity contribution in [2.75, 3.05) is 12.5 Å². The largest absolute Gasteiger partial charge is 0.458 e. The maximum atomic E-state index is 10.5. The Kier molecular flexibility index (Phi) is 3.30. The molecule has 1 aliphatic heterocycles. The number of rotatable bonds is 3. The Hall–Kier alpha value is -1.78. The number of furan rings is 1. The van der Waals surface area contributed by atoms with Gasteiger partial charge in [-0.3, -0.25) is 0 Å². The Morgan fingerprint density at radius 3 is 2.86 bits per heavy atom. The van der Waals surface area contributed by atoms with Gasteiger partial charge in [0.15, 0.2) is 17.7 Å². The number of aliphatic hydroxyl groups is 2. The van der Waals surface area contributed by atoms with E-state index in [1.807, 2.05) is 0 Å². The summed E-state index contributed by atoms with van der Waals surface area (Å²) in [4.78, 5) is 8.05. The molecule has 0 aromatic carbocycles. The molecule has 0 aliphatic carbocycles. The summed E-state index contributed by atoms with van der Waals surface area (Å²) in [5.74, 6) is 5.67. The Balaban J connectivity index is 2.09. The standard InChI is InChI=1S/C12H16N4O5/c1-12(18)8(17)11(19-2)21-9(12)5-3-20-7-6(5)14-4-15-10(7)16-13/h3-4,8-9,11,17-18H,13H2,1-2H3,(H,14,15,16)/t8-,9+,11+,12-/m1/s1. The number of fused-ring (bicyclic) bond motifs is 1. The van der Waals surface area contributed by atoms with Gasteiger partial charge in [0, 0.05) is 12.7 Å². The zero-order chi connectivity index (χ0) is 15.2. The van der Waals surface area contributed by atoms with Gasteiger partial charge in [0.2, 0.25) is 0 Å². The third-order valence-electron chi connectivity index (χ3n) is 3.69. The second-order valence-corrected chi connectivity index (χ2v) is 5.03. The molecule has 2 aromatic rings. The number of nitrogens with one attached hydrogen (secondary N) is 1. The summed E-state index contributed by atoms with van der Waals surface area (Å²) in [5, 5.41) is 20.6. The van der Waals surface area contributed by atoms with Gasteiger partial charge < -0.3 is 29.5 Å². The van der Waals surface area contributed by atoms with Crippen LogP contribution in [-0.4, -0.2) is 45.3 Å². The zero-order valence-electron chi connectivity index (χ0n) is 11.5. The van der Waals surface area contributed by atoms with Crippen molar-refractivity contribution in [1.29, 1.82) is 0 Å². The van der Waals surface area contributed by atoms with E-state index in [-0.39, 0.29) is 0 Å². The monoisotopic (exact) mass is 296 g/mol. The molecule has 0 spiro atoms. The molecule has 1 fully saturated rings. The van der Waals surface area contributed by atoms with Gasteiger partial charge in [0.25, 0.3) is 0 Å². The number of nitrogen functional groups attached to an aromatic ring is 1. The molecule has 21 heavy (non-hydrogen) atoms. The van der Waals surface area contributed by atoms with Crippen LogP contribution in [0.1, 0.15) is 18.6 Å². The summed E-state index contributed by atoms with van der Waals surface area (Å²) >= 11 is 0. The first-order valence-electron chi connectivity index (χ1n) is 6.28. The van der Waals surface area contributed by atoms with E-state index in [0.29, 0.717) is 22.5 Å². The van der Waals surface area contributed by atoms with Crippen LogP contribution in [0.25, 0.3) is 11.1 Å². The molecule has 0 bridgehead atoms. The molecule has 0 radical (unpaired) electrons. The molecular formula is C12H16N4O5. The number of hydrogen-bond acceptors (Lipinski definition) is 9. The Bertz CT molecular complexity index is 658. The molecule has 1 saturated heterocycles. The van der Waals surface area contributed by atoms with E-state index in [9.17, 15) is 10.2 Å². The van der Waals surface area contributed by atoms with Crippen molar-refractivity contribution in [3.63, 3.8) is 0 Å². The lowest BCUT2D eigenvalue weighted by atomic mass is 9.91. The van der Waals surface area contributed by atoms with Crippen LogP contribution in [-0.2, 0) is 9.47 Å². The maximum absolute atomic E-state index is 10.5. The molecule has 5 N–H and O–H groups in total. The third kappa shape index (κ3) is 1.98. The summed E-state index contributed by atoms with van der Waals surface area (Å²) < 4.78 is 16.0.